The number of aromatic nitrogens is 4. The van der Waals surface area contributed by atoms with Gasteiger partial charge < -0.3 is 0 Å². The van der Waals surface area contributed by atoms with E-state index >= 15 is 0 Å². The molecule has 0 aliphatic carbocycles. The highest BCUT2D eigenvalue weighted by atomic mass is 15.0. The van der Waals surface area contributed by atoms with Crippen LogP contribution in [0, 0.1) is 0 Å². The Labute approximate surface area is 315 Å². The van der Waals surface area contributed by atoms with Crippen molar-refractivity contribution in [2.24, 2.45) is 0 Å². The largest absolute Gasteiger partial charge is 0.248 e. The van der Waals surface area contributed by atoms with Crippen molar-refractivity contribution in [3.05, 3.63) is 206 Å². The van der Waals surface area contributed by atoms with Crippen molar-refractivity contribution in [2.45, 2.75) is 0 Å². The highest BCUT2D eigenvalue weighted by molar-refractivity contribution is 5.81. The summed E-state index contributed by atoms with van der Waals surface area (Å²) in [5.74, 6) is 1.94. The van der Waals surface area contributed by atoms with Gasteiger partial charge in [0.1, 0.15) is 0 Å². The van der Waals surface area contributed by atoms with E-state index in [1.165, 1.54) is 0 Å². The second-order valence-electron chi connectivity index (χ2n) is 13.1. The molecule has 9 rings (SSSR count). The monoisotopic (exact) mass is 690 g/mol. The Morgan fingerprint density at radius 1 is 0.185 bits per heavy atom. The average Bonchev–Trinajstić information content (AvgIpc) is 3.27. The van der Waals surface area contributed by atoms with Crippen LogP contribution < -0.4 is 0 Å². The molecule has 0 fully saturated rings. The van der Waals surface area contributed by atoms with Crippen molar-refractivity contribution in [1.82, 2.24) is 19.9 Å². The van der Waals surface area contributed by atoms with Gasteiger partial charge in [0.25, 0.3) is 0 Å². The van der Waals surface area contributed by atoms with E-state index in [4.69, 9.17) is 19.9 Å². The predicted octanol–water partition coefficient (Wildman–Crippen LogP) is 12.6. The molecule has 254 valence electrons. The number of hydrogen-bond acceptors (Lipinski definition) is 4. The van der Waals surface area contributed by atoms with Crippen LogP contribution in [-0.4, -0.2) is 19.9 Å². The third-order valence-electron chi connectivity index (χ3n) is 9.53. The van der Waals surface area contributed by atoms with E-state index in [9.17, 15) is 0 Å². The van der Waals surface area contributed by atoms with E-state index in [0.717, 1.165) is 72.6 Å². The van der Waals surface area contributed by atoms with Crippen LogP contribution in [0.25, 0.3) is 90.1 Å². The van der Waals surface area contributed by atoms with Crippen LogP contribution in [0.2, 0.25) is 0 Å². The first-order chi connectivity index (χ1) is 26.7. The minimum absolute atomic E-state index is 0.641. The molecule has 54 heavy (non-hydrogen) atoms. The van der Waals surface area contributed by atoms with E-state index in [1.807, 2.05) is 72.8 Å². The quantitative estimate of drug-likeness (QED) is 0.159. The van der Waals surface area contributed by atoms with E-state index in [0.29, 0.717) is 17.5 Å². The topological polar surface area (TPSA) is 51.6 Å². The van der Waals surface area contributed by atoms with Crippen LogP contribution in [-0.2, 0) is 0 Å². The van der Waals surface area contributed by atoms with Crippen molar-refractivity contribution in [3.63, 3.8) is 0 Å². The van der Waals surface area contributed by atoms with Gasteiger partial charge in [0, 0.05) is 27.8 Å². The average molecular weight is 691 g/mol. The summed E-state index contributed by atoms with van der Waals surface area (Å²) in [4.78, 5) is 19.7. The summed E-state index contributed by atoms with van der Waals surface area (Å²) >= 11 is 0. The van der Waals surface area contributed by atoms with Crippen LogP contribution in [0.1, 0.15) is 0 Å². The Morgan fingerprint density at radius 2 is 0.481 bits per heavy atom. The summed E-state index contributed by atoms with van der Waals surface area (Å²) in [5.41, 5.74) is 13.7. The maximum Gasteiger partial charge on any atom is 0.164 e. The van der Waals surface area contributed by atoms with E-state index < -0.39 is 0 Å². The lowest BCUT2D eigenvalue weighted by atomic mass is 9.95. The second-order valence-corrected chi connectivity index (χ2v) is 13.1. The van der Waals surface area contributed by atoms with Crippen LogP contribution in [0.5, 0.6) is 0 Å². The molecule has 0 spiro atoms. The molecule has 0 aliphatic rings. The van der Waals surface area contributed by atoms with E-state index in [1.54, 1.807) is 0 Å². The summed E-state index contributed by atoms with van der Waals surface area (Å²) in [6, 6.07) is 71.3. The standard InChI is InChI=1S/C50H34N4/c1-5-15-36(16-6-1)46-33-45(34-47(51-46)37-17-7-2-8-18-37)44-26-14-25-43(32-44)42-24-13-23-41(31-42)35-27-29-40(30-28-35)50-53-48(38-19-9-3-10-20-38)52-49(54-50)39-21-11-4-12-22-39/h1-34H. The molecule has 2 heterocycles. The van der Waals surface area contributed by atoms with E-state index in [2.05, 4.69) is 133 Å². The Balaban J connectivity index is 1.04. The lowest BCUT2D eigenvalue weighted by Gasteiger charge is -2.12. The first-order valence-corrected chi connectivity index (χ1v) is 18.1. The Morgan fingerprint density at radius 3 is 0.889 bits per heavy atom. The third-order valence-corrected chi connectivity index (χ3v) is 9.53. The molecule has 0 atom stereocenters. The van der Waals surface area contributed by atoms with Gasteiger partial charge in [0.2, 0.25) is 0 Å². The molecule has 0 radical (unpaired) electrons. The Bertz CT molecular complexity index is 2560. The molecule has 0 bridgehead atoms. The zero-order chi connectivity index (χ0) is 36.1. The number of benzene rings is 7. The Kier molecular flexibility index (Phi) is 8.90. The number of rotatable bonds is 8. The van der Waals surface area contributed by atoms with Gasteiger partial charge in [0.15, 0.2) is 17.5 Å². The van der Waals surface area contributed by atoms with Gasteiger partial charge in [0.05, 0.1) is 11.4 Å². The first-order valence-electron chi connectivity index (χ1n) is 18.1. The minimum Gasteiger partial charge on any atom is -0.248 e. The van der Waals surface area contributed by atoms with Gasteiger partial charge in [-0.15, -0.1) is 0 Å². The summed E-state index contributed by atoms with van der Waals surface area (Å²) in [7, 11) is 0. The number of pyridine rings is 1. The highest BCUT2D eigenvalue weighted by Crippen LogP contribution is 2.34. The molecule has 9 aromatic rings. The van der Waals surface area contributed by atoms with Crippen molar-refractivity contribution < 1.29 is 0 Å². The molecule has 0 N–H and O–H groups in total. The summed E-state index contributed by atoms with van der Waals surface area (Å²) in [6.45, 7) is 0. The van der Waals surface area contributed by atoms with Gasteiger partial charge in [-0.25, -0.2) is 19.9 Å². The van der Waals surface area contributed by atoms with Crippen LogP contribution in [0.4, 0.5) is 0 Å². The number of hydrogen-bond donors (Lipinski definition) is 0. The van der Waals surface area contributed by atoms with Crippen LogP contribution in [0.3, 0.4) is 0 Å². The van der Waals surface area contributed by atoms with Crippen LogP contribution in [0.15, 0.2) is 206 Å². The molecule has 0 saturated heterocycles. The van der Waals surface area contributed by atoms with Crippen molar-refractivity contribution in [1.29, 1.82) is 0 Å². The van der Waals surface area contributed by atoms with Crippen molar-refractivity contribution in [3.8, 4) is 90.1 Å². The molecule has 7 aromatic carbocycles. The van der Waals surface area contributed by atoms with Gasteiger partial charge in [-0.2, -0.15) is 0 Å². The predicted molar refractivity (Wildman–Crippen MR) is 221 cm³/mol. The number of nitrogens with zero attached hydrogens (tertiary/aromatic N) is 4. The van der Waals surface area contributed by atoms with Crippen molar-refractivity contribution >= 4 is 0 Å². The maximum absolute atomic E-state index is 5.08. The normalized spacial score (nSPS) is 11.0. The molecular weight excluding hydrogens is 657 g/mol. The molecule has 0 aliphatic heterocycles. The zero-order valence-corrected chi connectivity index (χ0v) is 29.4. The minimum atomic E-state index is 0.641. The zero-order valence-electron chi connectivity index (χ0n) is 29.4. The second kappa shape index (κ2) is 14.7. The first kappa shape index (κ1) is 32.6. The SMILES string of the molecule is c1ccc(-c2cc(-c3cccc(-c4cccc(-c5ccc(-c6nc(-c7ccccc7)nc(-c7ccccc7)n6)cc5)c4)c3)cc(-c3ccccc3)n2)cc1. The molecule has 4 heteroatoms. The summed E-state index contributed by atoms with van der Waals surface area (Å²) in [6.07, 6.45) is 0. The molecular formula is C50H34N4. The van der Waals surface area contributed by atoms with Gasteiger partial charge >= 0.3 is 0 Å². The van der Waals surface area contributed by atoms with Gasteiger partial charge in [-0.3, -0.25) is 0 Å². The highest BCUT2D eigenvalue weighted by Gasteiger charge is 2.14. The van der Waals surface area contributed by atoms with Crippen molar-refractivity contribution in [2.75, 3.05) is 0 Å². The smallest absolute Gasteiger partial charge is 0.164 e. The molecule has 2 aromatic heterocycles. The molecule has 0 unspecified atom stereocenters. The summed E-state index contributed by atoms with van der Waals surface area (Å²) < 4.78 is 0. The third kappa shape index (κ3) is 6.97. The lowest BCUT2D eigenvalue weighted by Crippen LogP contribution is -2.00. The van der Waals surface area contributed by atoms with Crippen LogP contribution >= 0.6 is 0 Å². The van der Waals surface area contributed by atoms with Gasteiger partial charge in [-0.05, 0) is 57.6 Å². The Hall–Kier alpha value is -7.30. The lowest BCUT2D eigenvalue weighted by molar-refractivity contribution is 1.07. The fraction of sp³-hybridized carbons (Fsp3) is 0. The fourth-order valence-electron chi connectivity index (χ4n) is 6.72. The summed E-state index contributed by atoms with van der Waals surface area (Å²) in [5, 5.41) is 0. The maximum atomic E-state index is 5.08. The molecule has 0 saturated carbocycles. The molecule has 0 amide bonds. The molecule has 4 nitrogen and oxygen atoms in total. The van der Waals surface area contributed by atoms with Gasteiger partial charge in [-0.1, -0.05) is 182 Å². The van der Waals surface area contributed by atoms with E-state index in [-0.39, 0.29) is 0 Å². The fourth-order valence-corrected chi connectivity index (χ4v) is 6.72.